The van der Waals surface area contributed by atoms with Gasteiger partial charge < -0.3 is 10.1 Å². The van der Waals surface area contributed by atoms with E-state index in [1.807, 2.05) is 7.11 Å². The quantitative estimate of drug-likeness (QED) is 0.666. The average Bonchev–Trinajstić information content (AvgIpc) is 2.40. The largest absolute Gasteiger partial charge is 0.381 e. The molecule has 2 unspecified atom stereocenters. The van der Waals surface area contributed by atoms with E-state index >= 15 is 0 Å². The van der Waals surface area contributed by atoms with Gasteiger partial charge in [-0.25, -0.2) is 0 Å². The molecule has 0 aliphatic carbocycles. The summed E-state index contributed by atoms with van der Waals surface area (Å²) in [4.78, 5) is 0. The summed E-state index contributed by atoms with van der Waals surface area (Å²) < 4.78 is 5.46. The van der Waals surface area contributed by atoms with Gasteiger partial charge in [-0.15, -0.1) is 0 Å². The molecule has 11 heavy (non-hydrogen) atoms. The molecule has 66 valence electrons. The van der Waals surface area contributed by atoms with E-state index in [2.05, 4.69) is 19.2 Å². The Morgan fingerprint density at radius 1 is 1.45 bits per heavy atom. The van der Waals surface area contributed by atoms with Crippen molar-refractivity contribution in [2.24, 2.45) is 11.8 Å². The summed E-state index contributed by atoms with van der Waals surface area (Å²) in [6.07, 6.45) is 1.72. The lowest BCUT2D eigenvalue weighted by molar-refractivity contribution is 0.0237. The van der Waals surface area contributed by atoms with Crippen molar-refractivity contribution in [3.8, 4) is 0 Å². The van der Waals surface area contributed by atoms with E-state index in [0.717, 1.165) is 19.0 Å². The third-order valence-electron chi connectivity index (χ3n) is 2.49. The van der Waals surface area contributed by atoms with Gasteiger partial charge in [0.05, 0.1) is 6.10 Å². The van der Waals surface area contributed by atoms with Gasteiger partial charge in [0.1, 0.15) is 0 Å². The van der Waals surface area contributed by atoms with Gasteiger partial charge >= 0.3 is 0 Å². The third kappa shape index (κ3) is 2.17. The molecule has 1 rings (SSSR count). The highest BCUT2D eigenvalue weighted by atomic mass is 16.5. The topological polar surface area (TPSA) is 21.3 Å². The molecule has 2 heteroatoms. The van der Waals surface area contributed by atoms with Gasteiger partial charge in [0.2, 0.25) is 0 Å². The molecule has 1 N–H and O–H groups in total. The zero-order valence-corrected chi connectivity index (χ0v) is 7.76. The number of hydrogen-bond donors (Lipinski definition) is 1. The maximum atomic E-state index is 5.46. The van der Waals surface area contributed by atoms with Crippen LogP contribution in [0.15, 0.2) is 0 Å². The lowest BCUT2D eigenvalue weighted by Crippen LogP contribution is -2.29. The SMILES string of the molecule is COC(C(C)C)C1CCNC1. The first kappa shape index (κ1) is 9.01. The van der Waals surface area contributed by atoms with Crippen LogP contribution in [0.4, 0.5) is 0 Å². The first-order valence-electron chi connectivity index (χ1n) is 4.49. The van der Waals surface area contributed by atoms with Crippen molar-refractivity contribution in [1.82, 2.24) is 5.32 Å². The summed E-state index contributed by atoms with van der Waals surface area (Å²) in [5.74, 6) is 1.38. The van der Waals surface area contributed by atoms with Gasteiger partial charge in [-0.05, 0) is 24.8 Å². The molecular formula is C9H19NO. The molecule has 0 saturated carbocycles. The Kier molecular flexibility index (Phi) is 3.34. The highest BCUT2D eigenvalue weighted by molar-refractivity contribution is 4.80. The molecule has 2 nitrogen and oxygen atoms in total. The molecule has 0 aromatic carbocycles. The van der Waals surface area contributed by atoms with Crippen LogP contribution in [0, 0.1) is 11.8 Å². The van der Waals surface area contributed by atoms with E-state index in [-0.39, 0.29) is 0 Å². The maximum Gasteiger partial charge on any atom is 0.0634 e. The molecule has 0 amide bonds. The van der Waals surface area contributed by atoms with Crippen molar-refractivity contribution < 1.29 is 4.74 Å². The van der Waals surface area contributed by atoms with Crippen LogP contribution < -0.4 is 5.32 Å². The smallest absolute Gasteiger partial charge is 0.0634 e. The first-order chi connectivity index (χ1) is 5.25. The molecule has 0 radical (unpaired) electrons. The highest BCUT2D eigenvalue weighted by Gasteiger charge is 2.26. The van der Waals surface area contributed by atoms with Gasteiger partial charge in [-0.1, -0.05) is 13.8 Å². The summed E-state index contributed by atoms with van der Waals surface area (Å²) in [6.45, 7) is 6.76. The van der Waals surface area contributed by atoms with Crippen LogP contribution in [-0.2, 0) is 4.74 Å². The normalized spacial score (nSPS) is 27.8. The second kappa shape index (κ2) is 4.07. The Bertz CT molecular complexity index is 108. The monoisotopic (exact) mass is 157 g/mol. The molecule has 0 bridgehead atoms. The summed E-state index contributed by atoms with van der Waals surface area (Å²) in [5.41, 5.74) is 0. The standard InChI is InChI=1S/C9H19NO/c1-7(2)9(11-3)8-4-5-10-6-8/h7-10H,4-6H2,1-3H3. The lowest BCUT2D eigenvalue weighted by atomic mass is 9.92. The average molecular weight is 157 g/mol. The fourth-order valence-electron chi connectivity index (χ4n) is 1.97. The molecule has 1 aliphatic heterocycles. The molecule has 1 fully saturated rings. The van der Waals surface area contributed by atoms with Crippen LogP contribution >= 0.6 is 0 Å². The summed E-state index contributed by atoms with van der Waals surface area (Å²) in [5, 5.41) is 3.36. The first-order valence-corrected chi connectivity index (χ1v) is 4.49. The Morgan fingerprint density at radius 3 is 2.55 bits per heavy atom. The van der Waals surface area contributed by atoms with Gasteiger partial charge in [0.15, 0.2) is 0 Å². The predicted octanol–water partition coefficient (Wildman–Crippen LogP) is 1.27. The summed E-state index contributed by atoms with van der Waals surface area (Å²) in [6, 6.07) is 0. The van der Waals surface area contributed by atoms with E-state index in [1.165, 1.54) is 6.42 Å². The highest BCUT2D eigenvalue weighted by Crippen LogP contribution is 2.21. The van der Waals surface area contributed by atoms with Crippen molar-refractivity contribution in [3.05, 3.63) is 0 Å². The number of nitrogens with one attached hydrogen (secondary N) is 1. The fourth-order valence-corrected chi connectivity index (χ4v) is 1.97. The lowest BCUT2D eigenvalue weighted by Gasteiger charge is -2.24. The molecule has 1 heterocycles. The van der Waals surface area contributed by atoms with E-state index in [4.69, 9.17) is 4.74 Å². The van der Waals surface area contributed by atoms with Crippen LogP contribution in [0.5, 0.6) is 0 Å². The second-order valence-electron chi connectivity index (χ2n) is 3.70. The van der Waals surface area contributed by atoms with Crippen LogP contribution in [0.3, 0.4) is 0 Å². The van der Waals surface area contributed by atoms with E-state index in [1.54, 1.807) is 0 Å². The van der Waals surface area contributed by atoms with E-state index in [9.17, 15) is 0 Å². The molecule has 0 aromatic heterocycles. The third-order valence-corrected chi connectivity index (χ3v) is 2.49. The summed E-state index contributed by atoms with van der Waals surface area (Å²) in [7, 11) is 1.82. The molecule has 1 aliphatic rings. The maximum absolute atomic E-state index is 5.46. The minimum atomic E-state index is 0.449. The van der Waals surface area contributed by atoms with Gasteiger partial charge in [0, 0.05) is 13.7 Å². The molecule has 0 aromatic rings. The van der Waals surface area contributed by atoms with E-state index in [0.29, 0.717) is 12.0 Å². The zero-order chi connectivity index (χ0) is 8.27. The van der Waals surface area contributed by atoms with Gasteiger partial charge in [0.25, 0.3) is 0 Å². The number of hydrogen-bond acceptors (Lipinski definition) is 2. The van der Waals surface area contributed by atoms with Gasteiger partial charge in [-0.2, -0.15) is 0 Å². The van der Waals surface area contributed by atoms with Crippen LogP contribution in [0.25, 0.3) is 0 Å². The zero-order valence-electron chi connectivity index (χ0n) is 7.76. The second-order valence-corrected chi connectivity index (χ2v) is 3.70. The van der Waals surface area contributed by atoms with Crippen LogP contribution in [0.2, 0.25) is 0 Å². The Hall–Kier alpha value is -0.0800. The number of ether oxygens (including phenoxy) is 1. The predicted molar refractivity (Wildman–Crippen MR) is 46.6 cm³/mol. The fraction of sp³-hybridized carbons (Fsp3) is 1.00. The van der Waals surface area contributed by atoms with Crippen molar-refractivity contribution in [3.63, 3.8) is 0 Å². The summed E-state index contributed by atoms with van der Waals surface area (Å²) >= 11 is 0. The molecule has 0 spiro atoms. The number of methoxy groups -OCH3 is 1. The molecule has 1 saturated heterocycles. The minimum absolute atomic E-state index is 0.449. The van der Waals surface area contributed by atoms with E-state index < -0.39 is 0 Å². The van der Waals surface area contributed by atoms with Crippen molar-refractivity contribution in [1.29, 1.82) is 0 Å². The van der Waals surface area contributed by atoms with Crippen LogP contribution in [0.1, 0.15) is 20.3 Å². The van der Waals surface area contributed by atoms with Crippen LogP contribution in [-0.4, -0.2) is 26.3 Å². The molecule has 2 atom stereocenters. The number of rotatable bonds is 3. The Balaban J connectivity index is 2.40. The Morgan fingerprint density at radius 2 is 2.18 bits per heavy atom. The Labute approximate surface area is 69.3 Å². The minimum Gasteiger partial charge on any atom is -0.381 e. The van der Waals surface area contributed by atoms with Crippen molar-refractivity contribution in [2.45, 2.75) is 26.4 Å². The van der Waals surface area contributed by atoms with Gasteiger partial charge in [-0.3, -0.25) is 0 Å². The van der Waals surface area contributed by atoms with Crippen molar-refractivity contribution in [2.75, 3.05) is 20.2 Å². The van der Waals surface area contributed by atoms with Crippen molar-refractivity contribution >= 4 is 0 Å². The molecular weight excluding hydrogens is 138 g/mol.